The second-order valence-electron chi connectivity index (χ2n) is 2.84. The molecule has 0 fully saturated rings. The Balaban J connectivity index is 2.16. The van der Waals surface area contributed by atoms with Crippen LogP contribution in [0.4, 0.5) is 4.79 Å². The largest absolute Gasteiger partial charge is 0.352 e. The lowest BCUT2D eigenvalue weighted by molar-refractivity contribution is 0.249. The first-order valence-electron chi connectivity index (χ1n) is 4.36. The molecule has 0 saturated heterocycles. The zero-order chi connectivity index (χ0) is 10.4. The SMILES string of the molecule is CC(NCCNC(N)=O)c1nccs1. The van der Waals surface area contributed by atoms with E-state index in [1.165, 1.54) is 0 Å². The summed E-state index contributed by atoms with van der Waals surface area (Å²) in [6.07, 6.45) is 1.78. The van der Waals surface area contributed by atoms with Gasteiger partial charge < -0.3 is 16.4 Å². The standard InChI is InChI=1S/C8H14N4OS/c1-6(7-11-4-5-14-7)10-2-3-12-8(9)13/h4-6,10H,2-3H2,1H3,(H3,9,12,13). The van der Waals surface area contributed by atoms with Gasteiger partial charge in [0.2, 0.25) is 0 Å². The highest BCUT2D eigenvalue weighted by molar-refractivity contribution is 7.09. The van der Waals surface area contributed by atoms with Gasteiger partial charge in [0, 0.05) is 24.7 Å². The molecule has 0 radical (unpaired) electrons. The minimum atomic E-state index is -0.492. The maximum atomic E-state index is 10.3. The molecule has 0 aromatic carbocycles. The molecular weight excluding hydrogens is 200 g/mol. The van der Waals surface area contributed by atoms with Crippen molar-refractivity contribution in [3.05, 3.63) is 16.6 Å². The first-order chi connectivity index (χ1) is 6.70. The zero-order valence-corrected chi connectivity index (χ0v) is 8.80. The average Bonchev–Trinajstić information content (AvgIpc) is 2.64. The Morgan fingerprint density at radius 3 is 3.07 bits per heavy atom. The van der Waals surface area contributed by atoms with Crippen LogP contribution in [0.25, 0.3) is 0 Å². The van der Waals surface area contributed by atoms with Crippen LogP contribution in [0, 0.1) is 0 Å². The Hall–Kier alpha value is -1.14. The Morgan fingerprint density at radius 1 is 1.71 bits per heavy atom. The molecule has 1 heterocycles. The highest BCUT2D eigenvalue weighted by atomic mass is 32.1. The van der Waals surface area contributed by atoms with Crippen molar-refractivity contribution >= 4 is 17.4 Å². The number of amides is 2. The molecule has 0 spiro atoms. The summed E-state index contributed by atoms with van der Waals surface area (Å²) >= 11 is 1.61. The van der Waals surface area contributed by atoms with Gasteiger partial charge in [-0.1, -0.05) is 0 Å². The van der Waals surface area contributed by atoms with E-state index in [2.05, 4.69) is 15.6 Å². The van der Waals surface area contributed by atoms with E-state index >= 15 is 0 Å². The smallest absolute Gasteiger partial charge is 0.312 e. The van der Waals surface area contributed by atoms with Crippen LogP contribution in [0.5, 0.6) is 0 Å². The number of carbonyl (C=O) groups is 1. The van der Waals surface area contributed by atoms with Gasteiger partial charge in [0.25, 0.3) is 0 Å². The van der Waals surface area contributed by atoms with E-state index in [9.17, 15) is 4.79 Å². The van der Waals surface area contributed by atoms with Crippen molar-refractivity contribution < 1.29 is 4.79 Å². The molecule has 0 aliphatic carbocycles. The van der Waals surface area contributed by atoms with Crippen LogP contribution in [0.15, 0.2) is 11.6 Å². The molecule has 1 aromatic rings. The second-order valence-corrected chi connectivity index (χ2v) is 3.76. The molecule has 1 unspecified atom stereocenters. The number of urea groups is 1. The number of rotatable bonds is 5. The van der Waals surface area contributed by atoms with Crippen LogP contribution in [-0.4, -0.2) is 24.1 Å². The lowest BCUT2D eigenvalue weighted by Crippen LogP contribution is -2.35. The normalized spacial score (nSPS) is 12.4. The van der Waals surface area contributed by atoms with Gasteiger partial charge in [-0.2, -0.15) is 0 Å². The number of nitrogens with zero attached hydrogens (tertiary/aromatic N) is 1. The fraction of sp³-hybridized carbons (Fsp3) is 0.500. The molecule has 78 valence electrons. The molecule has 14 heavy (non-hydrogen) atoms. The minimum Gasteiger partial charge on any atom is -0.352 e. The molecule has 0 aliphatic rings. The van der Waals surface area contributed by atoms with Crippen LogP contribution >= 0.6 is 11.3 Å². The number of nitrogens with one attached hydrogen (secondary N) is 2. The van der Waals surface area contributed by atoms with E-state index in [0.717, 1.165) is 5.01 Å². The molecule has 5 nitrogen and oxygen atoms in total. The van der Waals surface area contributed by atoms with E-state index in [0.29, 0.717) is 13.1 Å². The van der Waals surface area contributed by atoms with Gasteiger partial charge in [0.1, 0.15) is 5.01 Å². The van der Waals surface area contributed by atoms with E-state index in [-0.39, 0.29) is 6.04 Å². The van der Waals surface area contributed by atoms with Crippen LogP contribution in [0.3, 0.4) is 0 Å². The van der Waals surface area contributed by atoms with Crippen molar-refractivity contribution in [3.63, 3.8) is 0 Å². The van der Waals surface area contributed by atoms with E-state index in [4.69, 9.17) is 5.73 Å². The van der Waals surface area contributed by atoms with Crippen LogP contribution in [0.2, 0.25) is 0 Å². The summed E-state index contributed by atoms with van der Waals surface area (Å²) in [5.74, 6) is 0. The number of primary amides is 1. The lowest BCUT2D eigenvalue weighted by atomic mass is 10.3. The van der Waals surface area contributed by atoms with Crippen molar-refractivity contribution in [2.24, 2.45) is 5.73 Å². The van der Waals surface area contributed by atoms with Crippen molar-refractivity contribution in [1.29, 1.82) is 0 Å². The van der Waals surface area contributed by atoms with E-state index < -0.39 is 6.03 Å². The van der Waals surface area contributed by atoms with Gasteiger partial charge in [0.05, 0.1) is 6.04 Å². The Bertz CT molecular complexity index is 275. The van der Waals surface area contributed by atoms with Crippen molar-refractivity contribution in [2.45, 2.75) is 13.0 Å². The predicted octanol–water partition coefficient (Wildman–Crippen LogP) is 0.462. The Labute approximate surface area is 86.7 Å². The summed E-state index contributed by atoms with van der Waals surface area (Å²) in [4.78, 5) is 14.5. The van der Waals surface area contributed by atoms with Gasteiger partial charge in [-0.25, -0.2) is 9.78 Å². The van der Waals surface area contributed by atoms with Crippen LogP contribution in [0.1, 0.15) is 18.0 Å². The lowest BCUT2D eigenvalue weighted by Gasteiger charge is -2.10. The average molecular weight is 214 g/mol. The maximum absolute atomic E-state index is 10.3. The van der Waals surface area contributed by atoms with Crippen LogP contribution < -0.4 is 16.4 Å². The van der Waals surface area contributed by atoms with Crippen molar-refractivity contribution in [1.82, 2.24) is 15.6 Å². The molecule has 1 atom stereocenters. The fourth-order valence-corrected chi connectivity index (χ4v) is 1.68. The molecule has 0 aliphatic heterocycles. The Kier molecular flexibility index (Phi) is 4.34. The molecule has 6 heteroatoms. The molecule has 0 bridgehead atoms. The van der Waals surface area contributed by atoms with Gasteiger partial charge in [-0.05, 0) is 6.92 Å². The molecular formula is C8H14N4OS. The molecule has 1 rings (SSSR count). The number of hydrogen-bond donors (Lipinski definition) is 3. The van der Waals surface area contributed by atoms with E-state index in [1.54, 1.807) is 17.5 Å². The first-order valence-corrected chi connectivity index (χ1v) is 5.24. The number of aromatic nitrogens is 1. The second kappa shape index (κ2) is 5.56. The molecule has 2 amide bonds. The summed E-state index contributed by atoms with van der Waals surface area (Å²) in [5, 5.41) is 8.71. The van der Waals surface area contributed by atoms with Gasteiger partial charge in [0.15, 0.2) is 0 Å². The summed E-state index contributed by atoms with van der Waals surface area (Å²) in [5.41, 5.74) is 4.92. The van der Waals surface area contributed by atoms with Gasteiger partial charge in [-0.3, -0.25) is 0 Å². The maximum Gasteiger partial charge on any atom is 0.312 e. The van der Waals surface area contributed by atoms with Crippen LogP contribution in [-0.2, 0) is 0 Å². The number of hydrogen-bond acceptors (Lipinski definition) is 4. The minimum absolute atomic E-state index is 0.213. The zero-order valence-electron chi connectivity index (χ0n) is 7.99. The Morgan fingerprint density at radius 2 is 2.50 bits per heavy atom. The van der Waals surface area contributed by atoms with Crippen molar-refractivity contribution in [2.75, 3.05) is 13.1 Å². The quantitative estimate of drug-likeness (QED) is 0.623. The summed E-state index contributed by atoms with van der Waals surface area (Å²) in [7, 11) is 0. The number of nitrogens with two attached hydrogens (primary N) is 1. The number of thiazole rings is 1. The molecule has 0 saturated carbocycles. The number of carbonyl (C=O) groups excluding carboxylic acids is 1. The fourth-order valence-electron chi connectivity index (χ4n) is 1.01. The van der Waals surface area contributed by atoms with Crippen molar-refractivity contribution in [3.8, 4) is 0 Å². The van der Waals surface area contributed by atoms with E-state index in [1.807, 2.05) is 12.3 Å². The monoisotopic (exact) mass is 214 g/mol. The van der Waals surface area contributed by atoms with Gasteiger partial charge in [-0.15, -0.1) is 11.3 Å². The summed E-state index contributed by atoms with van der Waals surface area (Å²) in [6, 6.07) is -0.279. The topological polar surface area (TPSA) is 80.0 Å². The summed E-state index contributed by atoms with van der Waals surface area (Å²) in [6.45, 7) is 3.25. The summed E-state index contributed by atoms with van der Waals surface area (Å²) < 4.78 is 0. The predicted molar refractivity (Wildman–Crippen MR) is 56.1 cm³/mol. The van der Waals surface area contributed by atoms with Gasteiger partial charge >= 0.3 is 6.03 Å². The third-order valence-electron chi connectivity index (χ3n) is 1.70. The third-order valence-corrected chi connectivity index (χ3v) is 2.65. The molecule has 1 aromatic heterocycles. The third kappa shape index (κ3) is 3.71. The first kappa shape index (κ1) is 10.9. The molecule has 4 N–H and O–H groups in total. The highest BCUT2D eigenvalue weighted by Gasteiger charge is 2.05. The highest BCUT2D eigenvalue weighted by Crippen LogP contribution is 2.13.